The summed E-state index contributed by atoms with van der Waals surface area (Å²) in [5.74, 6) is -0.773. The molecule has 0 saturated carbocycles. The van der Waals surface area contributed by atoms with Gasteiger partial charge in [0.15, 0.2) is 5.58 Å². The second-order valence-corrected chi connectivity index (χ2v) is 12.3. The normalized spacial score (nSPS) is 14.3. The van der Waals surface area contributed by atoms with Gasteiger partial charge in [0.1, 0.15) is 17.5 Å². The number of rotatable bonds is 6. The molecule has 3 aromatic carbocycles. The van der Waals surface area contributed by atoms with E-state index in [4.69, 9.17) is 21.8 Å². The number of nitrogens with one attached hydrogen (secondary N) is 1. The number of nitrogens with two attached hydrogens (primary N) is 1. The molecule has 0 bridgehead atoms. The number of carbonyl (C=O) groups is 2. The molecule has 0 aliphatic carbocycles. The third-order valence-corrected chi connectivity index (χ3v) is 9.38. The van der Waals surface area contributed by atoms with E-state index < -0.39 is 11.6 Å². The Morgan fingerprint density at radius 3 is 2.74 bits per heavy atom. The molecule has 0 spiro atoms. The van der Waals surface area contributed by atoms with E-state index in [0.717, 1.165) is 11.1 Å². The highest BCUT2D eigenvalue weighted by atomic mass is 79.9. The van der Waals surface area contributed by atoms with Crippen molar-refractivity contribution in [2.45, 2.75) is 32.6 Å². The number of amides is 2. The van der Waals surface area contributed by atoms with E-state index in [9.17, 15) is 14.4 Å². The average Bonchev–Trinajstić information content (AvgIpc) is 3.59. The summed E-state index contributed by atoms with van der Waals surface area (Å²) in [6.45, 7) is 2.19. The van der Waals surface area contributed by atoms with E-state index in [1.54, 1.807) is 58.1 Å². The van der Waals surface area contributed by atoms with Crippen molar-refractivity contribution in [3.05, 3.63) is 122 Å². The molecule has 1 aliphatic heterocycles. The number of hydrogen-bond donors (Lipinski definition) is 2. The van der Waals surface area contributed by atoms with Gasteiger partial charge in [0, 0.05) is 40.9 Å². The van der Waals surface area contributed by atoms with Crippen molar-refractivity contribution >= 4 is 56.5 Å². The monoisotopic (exact) mass is 712 g/mol. The van der Waals surface area contributed by atoms with Crippen LogP contribution in [0.5, 0.6) is 0 Å². The molecule has 0 fully saturated rings. The summed E-state index contributed by atoms with van der Waals surface area (Å²) in [4.78, 5) is 56.3. The Kier molecular flexibility index (Phi) is 7.86. The second kappa shape index (κ2) is 12.2. The molecule has 47 heavy (non-hydrogen) atoms. The number of halogens is 2. The maximum absolute atomic E-state index is 14.2. The molecule has 3 aromatic heterocycles. The number of aromatic nitrogens is 5. The van der Waals surface area contributed by atoms with Crippen molar-refractivity contribution in [3.63, 3.8) is 0 Å². The summed E-state index contributed by atoms with van der Waals surface area (Å²) in [5.41, 5.74) is 9.86. The number of nitrogens with zero attached hydrogens (tertiary/aromatic N) is 6. The Labute approximate surface area is 280 Å². The van der Waals surface area contributed by atoms with E-state index in [1.807, 2.05) is 31.2 Å². The van der Waals surface area contributed by atoms with Crippen LogP contribution in [0.4, 0.5) is 6.01 Å². The fourth-order valence-electron chi connectivity index (χ4n) is 5.86. The first-order valence-corrected chi connectivity index (χ1v) is 15.8. The van der Waals surface area contributed by atoms with E-state index in [-0.39, 0.29) is 43.3 Å². The van der Waals surface area contributed by atoms with E-state index in [0.29, 0.717) is 43.2 Å². The van der Waals surface area contributed by atoms with Gasteiger partial charge in [0.05, 0.1) is 28.6 Å². The van der Waals surface area contributed by atoms with Crippen LogP contribution in [0.2, 0.25) is 5.02 Å². The second-order valence-electron chi connectivity index (χ2n) is 11.1. The van der Waals surface area contributed by atoms with Crippen molar-refractivity contribution in [2.24, 2.45) is 0 Å². The Bertz CT molecular complexity index is 2250. The Morgan fingerprint density at radius 2 is 1.96 bits per heavy atom. The van der Waals surface area contributed by atoms with Crippen LogP contribution < -0.4 is 16.7 Å². The number of oxazole rings is 1. The average molecular weight is 714 g/mol. The molecule has 14 heteroatoms. The molecule has 1 aliphatic rings. The van der Waals surface area contributed by atoms with Gasteiger partial charge in [-0.15, -0.1) is 0 Å². The number of imidazole rings is 1. The van der Waals surface area contributed by atoms with Gasteiger partial charge in [0.2, 0.25) is 0 Å². The number of nitrogen functional groups attached to an aromatic ring is 1. The standard InChI is InChI=1S/C33H26BrClN8O4/c1-18-15-42-27(16-41(18)31(45)19-6-8-23(34)24(35)12-19)29(43(33(42)46)21-7-9-28-26(13-21)40-32(36)47-28)30(44)38-14-20-4-2-3-5-22(20)25-10-11-37-17-39-25/h2-13,17-18H,14-16H2,1H3,(H2,36,40)(H,38,44)/t18-/m1/s1. The molecule has 2 amide bonds. The molecule has 12 nitrogen and oxygen atoms in total. The highest BCUT2D eigenvalue weighted by molar-refractivity contribution is 9.10. The quantitative estimate of drug-likeness (QED) is 0.239. The van der Waals surface area contributed by atoms with Gasteiger partial charge in [-0.3, -0.25) is 18.7 Å². The van der Waals surface area contributed by atoms with Gasteiger partial charge in [-0.2, -0.15) is 4.98 Å². The zero-order chi connectivity index (χ0) is 32.8. The van der Waals surface area contributed by atoms with Crippen LogP contribution in [0.1, 0.15) is 39.0 Å². The van der Waals surface area contributed by atoms with E-state index >= 15 is 0 Å². The lowest BCUT2D eigenvalue weighted by Gasteiger charge is -2.34. The van der Waals surface area contributed by atoms with Gasteiger partial charge < -0.3 is 20.4 Å². The SMILES string of the molecule is C[C@@H]1Cn2c(c(C(=O)NCc3ccccc3-c3ccncn3)n(-c3ccc4oc(N)nc4c3)c2=O)CN1C(=O)c1ccc(Br)c(Cl)c1. The summed E-state index contributed by atoms with van der Waals surface area (Å²) in [5, 5.41) is 3.40. The molecule has 4 heterocycles. The Balaban J connectivity index is 1.30. The maximum atomic E-state index is 14.2. The highest BCUT2D eigenvalue weighted by Gasteiger charge is 2.35. The molecule has 0 unspecified atom stereocenters. The first kappa shape index (κ1) is 30.4. The lowest BCUT2D eigenvalue weighted by molar-refractivity contribution is 0.0610. The number of fused-ring (bicyclic) bond motifs is 2. The molecule has 3 N–H and O–H groups in total. The molecule has 0 radical (unpaired) electrons. The lowest BCUT2D eigenvalue weighted by Crippen LogP contribution is -2.47. The third kappa shape index (κ3) is 5.57. The largest absolute Gasteiger partial charge is 0.424 e. The van der Waals surface area contributed by atoms with Gasteiger partial charge >= 0.3 is 5.69 Å². The minimum absolute atomic E-state index is 0.00928. The van der Waals surface area contributed by atoms with Crippen LogP contribution in [0.15, 0.2) is 92.9 Å². The maximum Gasteiger partial charge on any atom is 0.333 e. The Hall–Kier alpha value is -5.27. The van der Waals surface area contributed by atoms with Crippen molar-refractivity contribution < 1.29 is 14.0 Å². The van der Waals surface area contributed by atoms with Gasteiger partial charge in [-0.25, -0.2) is 14.8 Å². The fraction of sp³-hybridized carbons (Fsp3) is 0.152. The van der Waals surface area contributed by atoms with Crippen LogP contribution in [-0.2, 0) is 19.6 Å². The first-order chi connectivity index (χ1) is 22.7. The van der Waals surface area contributed by atoms with Crippen LogP contribution in [-0.4, -0.2) is 46.8 Å². The molecule has 0 saturated heterocycles. The molecular formula is C33H26BrClN8O4. The summed E-state index contributed by atoms with van der Waals surface area (Å²) in [6, 6.07) is 18.9. The fourth-order valence-corrected chi connectivity index (χ4v) is 6.29. The minimum Gasteiger partial charge on any atom is -0.424 e. The van der Waals surface area contributed by atoms with Crippen LogP contribution in [0.25, 0.3) is 28.0 Å². The van der Waals surface area contributed by atoms with Gasteiger partial charge in [-0.1, -0.05) is 35.9 Å². The van der Waals surface area contributed by atoms with Crippen LogP contribution >= 0.6 is 27.5 Å². The van der Waals surface area contributed by atoms with Gasteiger partial charge in [0.25, 0.3) is 17.8 Å². The zero-order valence-corrected chi connectivity index (χ0v) is 27.2. The molecule has 6 aromatic rings. The van der Waals surface area contributed by atoms with Crippen LogP contribution in [0.3, 0.4) is 0 Å². The summed E-state index contributed by atoms with van der Waals surface area (Å²) in [7, 11) is 0. The molecular weight excluding hydrogens is 688 g/mol. The highest BCUT2D eigenvalue weighted by Crippen LogP contribution is 2.29. The van der Waals surface area contributed by atoms with Crippen molar-refractivity contribution in [1.29, 1.82) is 0 Å². The summed E-state index contributed by atoms with van der Waals surface area (Å²) < 4.78 is 8.99. The molecule has 7 rings (SSSR count). The number of hydrogen-bond acceptors (Lipinski definition) is 8. The predicted octanol–water partition coefficient (Wildman–Crippen LogP) is 5.21. The Morgan fingerprint density at radius 1 is 1.13 bits per heavy atom. The van der Waals surface area contributed by atoms with E-state index in [1.165, 1.54) is 10.9 Å². The summed E-state index contributed by atoms with van der Waals surface area (Å²) >= 11 is 9.67. The van der Waals surface area contributed by atoms with Crippen LogP contribution in [0, 0.1) is 0 Å². The predicted molar refractivity (Wildman–Crippen MR) is 179 cm³/mol. The summed E-state index contributed by atoms with van der Waals surface area (Å²) in [6.07, 6.45) is 3.12. The minimum atomic E-state index is -0.498. The number of benzene rings is 3. The molecule has 236 valence electrons. The zero-order valence-electron chi connectivity index (χ0n) is 24.9. The van der Waals surface area contributed by atoms with Crippen molar-refractivity contribution in [1.82, 2.24) is 34.3 Å². The topological polar surface area (TPSA) is 154 Å². The third-order valence-electron chi connectivity index (χ3n) is 8.15. The first-order valence-electron chi connectivity index (χ1n) is 14.6. The van der Waals surface area contributed by atoms with Gasteiger partial charge in [-0.05, 0) is 70.9 Å². The molecule has 1 atom stereocenters. The van der Waals surface area contributed by atoms with Crippen molar-refractivity contribution in [3.8, 4) is 16.9 Å². The lowest BCUT2D eigenvalue weighted by atomic mass is 10.0. The smallest absolute Gasteiger partial charge is 0.333 e. The number of carbonyl (C=O) groups excluding carboxylic acids is 2. The number of anilines is 1. The van der Waals surface area contributed by atoms with Crippen molar-refractivity contribution in [2.75, 3.05) is 5.73 Å². The van der Waals surface area contributed by atoms with E-state index in [2.05, 4.69) is 36.2 Å².